The van der Waals surface area contributed by atoms with Gasteiger partial charge in [-0.25, -0.2) is 4.98 Å². The van der Waals surface area contributed by atoms with Gasteiger partial charge in [0.15, 0.2) is 5.16 Å². The molecule has 2 heterocycles. The van der Waals surface area contributed by atoms with Gasteiger partial charge in [0.1, 0.15) is 0 Å². The number of tetrazole rings is 1. The van der Waals surface area contributed by atoms with Crippen LogP contribution in [0.4, 0.5) is 0 Å². The van der Waals surface area contributed by atoms with Gasteiger partial charge in [0.2, 0.25) is 5.82 Å². The molecule has 2 aromatic heterocycles. The first-order chi connectivity index (χ1) is 15.3. The number of benzene rings is 2. The van der Waals surface area contributed by atoms with Gasteiger partial charge in [0.25, 0.3) is 5.56 Å². The molecule has 5 rings (SSSR count). The second kappa shape index (κ2) is 9.01. The summed E-state index contributed by atoms with van der Waals surface area (Å²) in [6.07, 6.45) is 5.26. The minimum atomic E-state index is 0.0991. The van der Waals surface area contributed by atoms with E-state index in [0.717, 1.165) is 60.6 Å². The molecular formula is C23H24N6OS. The predicted molar refractivity (Wildman–Crippen MR) is 122 cm³/mol. The fourth-order valence-electron chi connectivity index (χ4n) is 3.62. The average molecular weight is 433 g/mol. The van der Waals surface area contributed by atoms with Crippen LogP contribution in [0, 0.1) is 0 Å². The van der Waals surface area contributed by atoms with Crippen LogP contribution in [0.25, 0.3) is 22.3 Å². The summed E-state index contributed by atoms with van der Waals surface area (Å²) >= 11 is 1.69. The highest BCUT2D eigenvalue weighted by Crippen LogP contribution is 2.37. The van der Waals surface area contributed by atoms with Crippen molar-refractivity contribution in [2.45, 2.75) is 49.8 Å². The normalized spacial score (nSPS) is 13.7. The fourth-order valence-corrected chi connectivity index (χ4v) is 4.68. The molecule has 0 aliphatic heterocycles. The molecule has 0 amide bonds. The lowest BCUT2D eigenvalue weighted by Crippen LogP contribution is -2.22. The van der Waals surface area contributed by atoms with E-state index in [9.17, 15) is 4.79 Å². The zero-order valence-electron chi connectivity index (χ0n) is 17.2. The highest BCUT2D eigenvalue weighted by Gasteiger charge is 2.28. The Balaban J connectivity index is 1.14. The van der Waals surface area contributed by atoms with E-state index in [4.69, 9.17) is 4.98 Å². The number of aromatic nitrogens is 6. The van der Waals surface area contributed by atoms with E-state index in [1.807, 2.05) is 59.2 Å². The first kappa shape index (κ1) is 19.9. The molecular weight excluding hydrogens is 408 g/mol. The molecule has 0 bridgehead atoms. The summed E-state index contributed by atoms with van der Waals surface area (Å²) in [5.74, 6) is 1.61. The van der Waals surface area contributed by atoms with Crippen molar-refractivity contribution in [1.82, 2.24) is 29.8 Å². The number of hydrogen-bond acceptors (Lipinski definition) is 6. The number of para-hydroxylation sites is 1. The molecule has 2 aromatic carbocycles. The first-order valence-electron chi connectivity index (χ1n) is 10.8. The van der Waals surface area contributed by atoms with Crippen LogP contribution in [0.15, 0.2) is 64.5 Å². The number of nitrogens with zero attached hydrogens (tertiary/aromatic N) is 6. The van der Waals surface area contributed by atoms with Gasteiger partial charge in [0.05, 0.1) is 17.4 Å². The third-order valence-electron chi connectivity index (χ3n) is 5.41. The molecule has 1 fully saturated rings. The molecule has 0 unspecified atom stereocenters. The Morgan fingerprint density at radius 3 is 2.61 bits per heavy atom. The van der Waals surface area contributed by atoms with Crippen molar-refractivity contribution in [2.75, 3.05) is 5.75 Å². The second-order valence-electron chi connectivity index (χ2n) is 7.80. The molecule has 158 valence electrons. The van der Waals surface area contributed by atoms with E-state index in [-0.39, 0.29) is 5.56 Å². The van der Waals surface area contributed by atoms with Crippen LogP contribution in [-0.4, -0.2) is 35.5 Å². The lowest BCUT2D eigenvalue weighted by atomic mass is 10.2. The molecule has 0 radical (unpaired) electrons. The van der Waals surface area contributed by atoms with E-state index in [1.165, 1.54) is 0 Å². The Kier molecular flexibility index (Phi) is 5.80. The largest absolute Gasteiger partial charge is 0.284 e. The summed E-state index contributed by atoms with van der Waals surface area (Å²) in [6, 6.07) is 17.9. The van der Waals surface area contributed by atoms with Crippen LogP contribution in [-0.2, 0) is 6.54 Å². The number of unbranched alkanes of at least 4 members (excludes halogenated alkanes) is 2. The van der Waals surface area contributed by atoms with Crippen LogP contribution >= 0.6 is 11.8 Å². The van der Waals surface area contributed by atoms with E-state index < -0.39 is 0 Å². The molecule has 1 aliphatic carbocycles. The van der Waals surface area contributed by atoms with Crippen LogP contribution in [0.3, 0.4) is 0 Å². The van der Waals surface area contributed by atoms with Crippen molar-refractivity contribution in [2.24, 2.45) is 0 Å². The monoisotopic (exact) mass is 432 g/mol. The van der Waals surface area contributed by atoms with Crippen LogP contribution < -0.4 is 5.56 Å². The van der Waals surface area contributed by atoms with Crippen molar-refractivity contribution < 1.29 is 0 Å². The Labute approximate surface area is 184 Å². The Morgan fingerprint density at radius 1 is 0.968 bits per heavy atom. The Hall–Kier alpha value is -3.00. The SMILES string of the molecule is O=c1c2ccccc2nc(SCCCCCn2nnc(-c3ccccc3)n2)n1C1CC1. The first-order valence-corrected chi connectivity index (χ1v) is 11.8. The topological polar surface area (TPSA) is 78.5 Å². The van der Waals surface area contributed by atoms with Gasteiger partial charge in [-0.15, -0.1) is 10.2 Å². The molecule has 0 spiro atoms. The number of fused-ring (bicyclic) bond motifs is 1. The van der Waals surface area contributed by atoms with Crippen molar-refractivity contribution in [3.63, 3.8) is 0 Å². The standard InChI is InChI=1S/C23H24N6OS/c30-22-19-11-5-6-12-20(19)24-23(29(22)18-13-14-18)31-16-8-2-7-15-28-26-21(25-27-28)17-9-3-1-4-10-17/h1,3-6,9-12,18H,2,7-8,13-16H2. The molecule has 8 heteroatoms. The van der Waals surface area contributed by atoms with E-state index in [0.29, 0.717) is 17.3 Å². The van der Waals surface area contributed by atoms with Crippen LogP contribution in [0.2, 0.25) is 0 Å². The zero-order chi connectivity index (χ0) is 21.0. The maximum absolute atomic E-state index is 12.9. The van der Waals surface area contributed by atoms with Gasteiger partial charge >= 0.3 is 0 Å². The molecule has 0 atom stereocenters. The van der Waals surface area contributed by atoms with Gasteiger partial charge in [-0.05, 0) is 43.0 Å². The van der Waals surface area contributed by atoms with Crippen molar-refractivity contribution in [1.29, 1.82) is 0 Å². The number of aryl methyl sites for hydroxylation is 1. The maximum atomic E-state index is 12.9. The molecule has 0 N–H and O–H groups in total. The lowest BCUT2D eigenvalue weighted by molar-refractivity contribution is 0.486. The number of rotatable bonds is 9. The second-order valence-corrected chi connectivity index (χ2v) is 8.86. The van der Waals surface area contributed by atoms with Crippen LogP contribution in [0.5, 0.6) is 0 Å². The lowest BCUT2D eigenvalue weighted by Gasteiger charge is -2.12. The molecule has 1 saturated carbocycles. The highest BCUT2D eigenvalue weighted by molar-refractivity contribution is 7.99. The summed E-state index contributed by atoms with van der Waals surface area (Å²) in [5.41, 5.74) is 1.87. The predicted octanol–water partition coefficient (Wildman–Crippen LogP) is 4.35. The third kappa shape index (κ3) is 4.54. The molecule has 31 heavy (non-hydrogen) atoms. The van der Waals surface area contributed by atoms with Gasteiger partial charge in [0, 0.05) is 17.4 Å². The molecule has 7 nitrogen and oxygen atoms in total. The number of hydrogen-bond donors (Lipinski definition) is 0. The Bertz CT molecular complexity index is 1230. The van der Waals surface area contributed by atoms with Gasteiger partial charge < -0.3 is 0 Å². The minimum absolute atomic E-state index is 0.0991. The van der Waals surface area contributed by atoms with E-state index >= 15 is 0 Å². The zero-order valence-corrected chi connectivity index (χ0v) is 18.0. The van der Waals surface area contributed by atoms with Gasteiger partial charge in [-0.1, -0.05) is 60.6 Å². The smallest absolute Gasteiger partial charge is 0.262 e. The number of thioether (sulfide) groups is 1. The molecule has 0 saturated heterocycles. The fraction of sp³-hybridized carbons (Fsp3) is 0.348. The van der Waals surface area contributed by atoms with E-state index in [1.54, 1.807) is 16.6 Å². The van der Waals surface area contributed by atoms with Crippen molar-refractivity contribution in [3.8, 4) is 11.4 Å². The average Bonchev–Trinajstić information content (AvgIpc) is 3.53. The maximum Gasteiger partial charge on any atom is 0.262 e. The summed E-state index contributed by atoms with van der Waals surface area (Å²) in [7, 11) is 0. The summed E-state index contributed by atoms with van der Waals surface area (Å²) in [6.45, 7) is 0.755. The summed E-state index contributed by atoms with van der Waals surface area (Å²) in [4.78, 5) is 19.4. The third-order valence-corrected chi connectivity index (χ3v) is 6.44. The van der Waals surface area contributed by atoms with E-state index in [2.05, 4.69) is 15.4 Å². The summed E-state index contributed by atoms with van der Waals surface area (Å²) < 4.78 is 1.91. The van der Waals surface area contributed by atoms with Gasteiger partial charge in [-0.2, -0.15) is 4.80 Å². The van der Waals surface area contributed by atoms with Gasteiger partial charge in [-0.3, -0.25) is 9.36 Å². The molecule has 1 aliphatic rings. The van der Waals surface area contributed by atoms with Crippen molar-refractivity contribution >= 4 is 22.7 Å². The highest BCUT2D eigenvalue weighted by atomic mass is 32.2. The molecule has 4 aromatic rings. The van der Waals surface area contributed by atoms with Crippen LogP contribution in [0.1, 0.15) is 38.1 Å². The summed E-state index contributed by atoms with van der Waals surface area (Å²) in [5, 5.41) is 14.3. The Morgan fingerprint density at radius 2 is 1.77 bits per heavy atom. The minimum Gasteiger partial charge on any atom is -0.284 e. The quantitative estimate of drug-likeness (QED) is 0.222. The van der Waals surface area contributed by atoms with Crippen molar-refractivity contribution in [3.05, 3.63) is 65.0 Å².